The molecule has 2 aromatic rings. The normalized spacial score (nSPS) is 10.5. The average Bonchev–Trinajstić information content (AvgIpc) is 2.47. The zero-order valence-corrected chi connectivity index (χ0v) is 9.88. The van der Waals surface area contributed by atoms with Crippen LogP contribution in [-0.2, 0) is 7.05 Å². The van der Waals surface area contributed by atoms with Crippen LogP contribution in [-0.4, -0.2) is 9.78 Å². The van der Waals surface area contributed by atoms with Gasteiger partial charge in [-0.3, -0.25) is 4.68 Å². The molecule has 0 aliphatic heterocycles. The lowest BCUT2D eigenvalue weighted by Gasteiger charge is -1.97. The van der Waals surface area contributed by atoms with Crippen LogP contribution in [0.5, 0.6) is 0 Å². The van der Waals surface area contributed by atoms with Crippen LogP contribution in [0.25, 0.3) is 11.3 Å². The first-order valence-electron chi connectivity index (χ1n) is 4.12. The Bertz CT molecular complexity index is 448. The zero-order valence-electron chi connectivity index (χ0n) is 7.54. The topological polar surface area (TPSA) is 17.8 Å². The van der Waals surface area contributed by atoms with Crippen molar-refractivity contribution < 1.29 is 0 Å². The van der Waals surface area contributed by atoms with E-state index in [1.165, 1.54) is 0 Å². The van der Waals surface area contributed by atoms with Gasteiger partial charge in [-0.25, -0.2) is 0 Å². The molecule has 1 aromatic carbocycles. The molecule has 2 rings (SSSR count). The van der Waals surface area contributed by atoms with Gasteiger partial charge in [-0.05, 0) is 28.1 Å². The monoisotopic (exact) mass is 270 g/mol. The molecule has 0 bridgehead atoms. The molecule has 14 heavy (non-hydrogen) atoms. The van der Waals surface area contributed by atoms with Gasteiger partial charge in [0.25, 0.3) is 0 Å². The van der Waals surface area contributed by atoms with Crippen molar-refractivity contribution in [2.24, 2.45) is 7.05 Å². The summed E-state index contributed by atoms with van der Waals surface area (Å²) in [7, 11) is 1.89. The van der Waals surface area contributed by atoms with E-state index >= 15 is 0 Å². The van der Waals surface area contributed by atoms with Crippen molar-refractivity contribution >= 4 is 27.5 Å². The van der Waals surface area contributed by atoms with Gasteiger partial charge in [0.1, 0.15) is 5.69 Å². The summed E-state index contributed by atoms with van der Waals surface area (Å²) in [5, 5.41) is 5.07. The first-order chi connectivity index (χ1) is 6.66. The van der Waals surface area contributed by atoms with Gasteiger partial charge >= 0.3 is 0 Å². The molecule has 72 valence electrons. The Hall–Kier alpha value is -0.800. The van der Waals surface area contributed by atoms with Crippen molar-refractivity contribution in [1.29, 1.82) is 0 Å². The number of hydrogen-bond acceptors (Lipinski definition) is 1. The second-order valence-corrected chi connectivity index (χ2v) is 4.30. The molecule has 0 atom stereocenters. The van der Waals surface area contributed by atoms with E-state index < -0.39 is 0 Å². The molecule has 0 aliphatic rings. The Kier molecular flexibility index (Phi) is 2.61. The van der Waals surface area contributed by atoms with E-state index in [-0.39, 0.29) is 0 Å². The minimum absolute atomic E-state index is 0.737. The maximum Gasteiger partial charge on any atom is 0.106 e. The van der Waals surface area contributed by atoms with Crippen LogP contribution in [0.15, 0.2) is 34.9 Å². The molecular formula is C10H8BrClN2. The molecule has 0 N–H and O–H groups in total. The van der Waals surface area contributed by atoms with Gasteiger partial charge in [0, 0.05) is 23.8 Å². The van der Waals surface area contributed by atoms with E-state index in [0.717, 1.165) is 20.8 Å². The third-order valence-corrected chi connectivity index (χ3v) is 2.73. The fraction of sp³-hybridized carbons (Fsp3) is 0.100. The fourth-order valence-corrected chi connectivity index (χ4v) is 1.99. The summed E-state index contributed by atoms with van der Waals surface area (Å²) in [4.78, 5) is 0. The van der Waals surface area contributed by atoms with Gasteiger partial charge in [0.05, 0.1) is 4.47 Å². The molecular weight excluding hydrogens is 263 g/mol. The summed E-state index contributed by atoms with van der Waals surface area (Å²) >= 11 is 9.26. The Morgan fingerprint density at radius 2 is 1.93 bits per heavy atom. The Morgan fingerprint density at radius 3 is 2.43 bits per heavy atom. The lowest BCUT2D eigenvalue weighted by molar-refractivity contribution is 0.770. The molecule has 0 radical (unpaired) electrons. The smallest absolute Gasteiger partial charge is 0.106 e. The second-order valence-electron chi connectivity index (χ2n) is 3.01. The quantitative estimate of drug-likeness (QED) is 0.776. The number of aryl methyl sites for hydroxylation is 1. The Balaban J connectivity index is 2.49. The lowest BCUT2D eigenvalue weighted by atomic mass is 10.2. The van der Waals surface area contributed by atoms with Gasteiger partial charge in [-0.15, -0.1) is 0 Å². The predicted octanol–water partition coefficient (Wildman–Crippen LogP) is 3.50. The van der Waals surface area contributed by atoms with E-state index in [1.807, 2.05) is 37.5 Å². The summed E-state index contributed by atoms with van der Waals surface area (Å²) in [5.74, 6) is 0. The van der Waals surface area contributed by atoms with Crippen molar-refractivity contribution in [3.05, 3.63) is 40.0 Å². The summed E-state index contributed by atoms with van der Waals surface area (Å²) in [6.07, 6.45) is 1.92. The lowest BCUT2D eigenvalue weighted by Crippen LogP contribution is -1.87. The van der Waals surface area contributed by atoms with E-state index in [0.29, 0.717) is 0 Å². The Labute approximate surface area is 95.6 Å². The average molecular weight is 272 g/mol. The molecule has 2 nitrogen and oxygen atoms in total. The maximum atomic E-state index is 5.81. The van der Waals surface area contributed by atoms with E-state index in [9.17, 15) is 0 Å². The van der Waals surface area contributed by atoms with Gasteiger partial charge in [-0.1, -0.05) is 23.7 Å². The zero-order chi connectivity index (χ0) is 10.1. The SMILES string of the molecule is Cn1cc(Br)c(-c2ccc(Cl)cc2)n1. The van der Waals surface area contributed by atoms with Crippen LogP contribution in [0, 0.1) is 0 Å². The summed E-state index contributed by atoms with van der Waals surface area (Å²) in [5.41, 5.74) is 1.99. The van der Waals surface area contributed by atoms with Crippen molar-refractivity contribution in [2.75, 3.05) is 0 Å². The van der Waals surface area contributed by atoms with Gasteiger partial charge < -0.3 is 0 Å². The van der Waals surface area contributed by atoms with Crippen LogP contribution < -0.4 is 0 Å². The van der Waals surface area contributed by atoms with Crippen molar-refractivity contribution in [1.82, 2.24) is 9.78 Å². The fourth-order valence-electron chi connectivity index (χ4n) is 1.26. The highest BCUT2D eigenvalue weighted by atomic mass is 79.9. The highest BCUT2D eigenvalue weighted by Crippen LogP contribution is 2.27. The number of aromatic nitrogens is 2. The van der Waals surface area contributed by atoms with Crippen LogP contribution >= 0.6 is 27.5 Å². The van der Waals surface area contributed by atoms with Crippen LogP contribution in [0.4, 0.5) is 0 Å². The number of halogens is 2. The summed E-state index contributed by atoms with van der Waals surface area (Å²) in [6.45, 7) is 0. The molecule has 0 fully saturated rings. The molecule has 0 amide bonds. The van der Waals surface area contributed by atoms with E-state index in [4.69, 9.17) is 11.6 Å². The number of rotatable bonds is 1. The summed E-state index contributed by atoms with van der Waals surface area (Å²) < 4.78 is 2.76. The minimum atomic E-state index is 0.737. The molecule has 0 saturated carbocycles. The molecule has 0 spiro atoms. The predicted molar refractivity (Wildman–Crippen MR) is 61.4 cm³/mol. The van der Waals surface area contributed by atoms with Crippen molar-refractivity contribution in [2.45, 2.75) is 0 Å². The molecule has 1 heterocycles. The highest BCUT2D eigenvalue weighted by Gasteiger charge is 2.06. The van der Waals surface area contributed by atoms with Gasteiger partial charge in [-0.2, -0.15) is 5.10 Å². The highest BCUT2D eigenvalue weighted by molar-refractivity contribution is 9.10. The standard InChI is InChI=1S/C10H8BrClN2/c1-14-6-9(11)10(13-14)7-2-4-8(12)5-3-7/h2-6H,1H3. The molecule has 4 heteroatoms. The third-order valence-electron chi connectivity index (χ3n) is 1.90. The minimum Gasteiger partial charge on any atom is -0.274 e. The van der Waals surface area contributed by atoms with Crippen LogP contribution in [0.1, 0.15) is 0 Å². The number of hydrogen-bond donors (Lipinski definition) is 0. The number of benzene rings is 1. The first kappa shape index (κ1) is 9.74. The van der Waals surface area contributed by atoms with Crippen LogP contribution in [0.2, 0.25) is 5.02 Å². The van der Waals surface area contributed by atoms with Crippen molar-refractivity contribution in [3.8, 4) is 11.3 Å². The van der Waals surface area contributed by atoms with Crippen molar-refractivity contribution in [3.63, 3.8) is 0 Å². The van der Waals surface area contributed by atoms with Gasteiger partial charge in [0.2, 0.25) is 0 Å². The third kappa shape index (κ3) is 1.83. The Morgan fingerprint density at radius 1 is 1.29 bits per heavy atom. The van der Waals surface area contributed by atoms with E-state index in [1.54, 1.807) is 4.68 Å². The molecule has 0 saturated heterocycles. The summed E-state index contributed by atoms with van der Waals surface area (Å²) in [6, 6.07) is 7.63. The molecule has 0 aliphatic carbocycles. The van der Waals surface area contributed by atoms with Gasteiger partial charge in [0.15, 0.2) is 0 Å². The maximum absolute atomic E-state index is 5.81. The second kappa shape index (κ2) is 3.75. The molecule has 0 unspecified atom stereocenters. The number of nitrogens with zero attached hydrogens (tertiary/aromatic N) is 2. The van der Waals surface area contributed by atoms with E-state index in [2.05, 4.69) is 21.0 Å². The first-order valence-corrected chi connectivity index (χ1v) is 5.29. The molecule has 1 aromatic heterocycles. The largest absolute Gasteiger partial charge is 0.274 e. The van der Waals surface area contributed by atoms with Crippen LogP contribution in [0.3, 0.4) is 0 Å².